The summed E-state index contributed by atoms with van der Waals surface area (Å²) in [6, 6.07) is 2.33. The van der Waals surface area contributed by atoms with Gasteiger partial charge in [0, 0.05) is 21.9 Å². The Kier molecular flexibility index (Phi) is 4.77. The second-order valence-corrected chi connectivity index (χ2v) is 5.89. The molecule has 1 rings (SSSR count). The fraction of sp³-hybridized carbons (Fsp3) is 0.636. The second-order valence-electron chi connectivity index (χ2n) is 4.09. The fourth-order valence-electron chi connectivity index (χ4n) is 1.21. The van der Waals surface area contributed by atoms with Crippen LogP contribution in [0.15, 0.2) is 15.9 Å². The van der Waals surface area contributed by atoms with Crippen LogP contribution in [-0.4, -0.2) is 17.3 Å². The van der Waals surface area contributed by atoms with Gasteiger partial charge in [0.2, 0.25) is 0 Å². The van der Waals surface area contributed by atoms with Gasteiger partial charge in [-0.3, -0.25) is 0 Å². The second kappa shape index (κ2) is 5.43. The molecule has 0 saturated carbocycles. The number of hydrogen-bond acceptors (Lipinski definition) is 3. The minimum atomic E-state index is -0.613. The predicted molar refractivity (Wildman–Crippen MR) is 69.4 cm³/mol. The van der Waals surface area contributed by atoms with E-state index in [0.717, 1.165) is 10.9 Å². The summed E-state index contributed by atoms with van der Waals surface area (Å²) in [5.41, 5.74) is -0.613. The maximum Gasteiger partial charge on any atom is 0.0741 e. The van der Waals surface area contributed by atoms with Crippen LogP contribution in [-0.2, 0) is 0 Å². The molecule has 86 valence electrons. The van der Waals surface area contributed by atoms with Crippen LogP contribution in [0.25, 0.3) is 0 Å². The van der Waals surface area contributed by atoms with E-state index in [4.69, 9.17) is 0 Å². The Morgan fingerprint density at radius 1 is 1.67 bits per heavy atom. The molecule has 0 aromatic carbocycles. The van der Waals surface area contributed by atoms with E-state index in [2.05, 4.69) is 39.6 Å². The molecule has 0 saturated heterocycles. The Labute approximate surface area is 104 Å². The molecule has 2 N–H and O–H groups in total. The van der Waals surface area contributed by atoms with E-state index in [9.17, 15) is 5.11 Å². The van der Waals surface area contributed by atoms with E-state index >= 15 is 0 Å². The maximum atomic E-state index is 9.87. The lowest BCUT2D eigenvalue weighted by Gasteiger charge is -2.24. The zero-order chi connectivity index (χ0) is 11.5. The maximum absolute atomic E-state index is 9.87. The Bertz CT molecular complexity index is 311. The molecule has 0 aliphatic heterocycles. The lowest BCUT2D eigenvalue weighted by atomic mass is 10.0. The SMILES string of the molecule is CCC(C)(O)CNC(C)c1sccc1Br. The zero-order valence-corrected chi connectivity index (χ0v) is 11.8. The molecule has 2 nitrogen and oxygen atoms in total. The van der Waals surface area contributed by atoms with Gasteiger partial charge in [-0.25, -0.2) is 0 Å². The third-order valence-corrected chi connectivity index (χ3v) is 4.64. The van der Waals surface area contributed by atoms with Crippen molar-refractivity contribution in [3.63, 3.8) is 0 Å². The summed E-state index contributed by atoms with van der Waals surface area (Å²) in [6.07, 6.45) is 0.762. The summed E-state index contributed by atoms with van der Waals surface area (Å²) in [4.78, 5) is 1.28. The smallest absolute Gasteiger partial charge is 0.0741 e. The normalized spacial score (nSPS) is 17.4. The first kappa shape index (κ1) is 13.2. The number of aliphatic hydroxyl groups is 1. The first-order valence-corrected chi connectivity index (χ1v) is 6.82. The van der Waals surface area contributed by atoms with Crippen LogP contribution in [0.2, 0.25) is 0 Å². The Balaban J connectivity index is 2.50. The molecule has 15 heavy (non-hydrogen) atoms. The van der Waals surface area contributed by atoms with Crippen molar-refractivity contribution >= 4 is 27.3 Å². The third-order valence-electron chi connectivity index (χ3n) is 2.59. The molecule has 0 spiro atoms. The van der Waals surface area contributed by atoms with Crippen LogP contribution < -0.4 is 5.32 Å². The van der Waals surface area contributed by atoms with Gasteiger partial charge in [-0.1, -0.05) is 6.92 Å². The van der Waals surface area contributed by atoms with Gasteiger partial charge in [0.05, 0.1) is 5.60 Å². The monoisotopic (exact) mass is 291 g/mol. The van der Waals surface area contributed by atoms with Crippen LogP contribution in [0.1, 0.15) is 38.1 Å². The van der Waals surface area contributed by atoms with Crippen molar-refractivity contribution in [2.45, 2.75) is 38.8 Å². The molecule has 0 amide bonds. The largest absolute Gasteiger partial charge is 0.389 e. The topological polar surface area (TPSA) is 32.3 Å². The first-order valence-electron chi connectivity index (χ1n) is 5.15. The lowest BCUT2D eigenvalue weighted by Crippen LogP contribution is -2.38. The average Bonchev–Trinajstić information content (AvgIpc) is 2.61. The van der Waals surface area contributed by atoms with E-state index in [0.29, 0.717) is 6.54 Å². The standard InChI is InChI=1S/C11H18BrNOS/c1-4-11(3,14)7-13-8(2)10-9(12)5-6-15-10/h5-6,8,13-14H,4,7H2,1-3H3. The van der Waals surface area contributed by atoms with Crippen molar-refractivity contribution in [3.8, 4) is 0 Å². The van der Waals surface area contributed by atoms with E-state index in [1.54, 1.807) is 11.3 Å². The quantitative estimate of drug-likeness (QED) is 0.872. The molecule has 2 unspecified atom stereocenters. The molecule has 0 aliphatic rings. The molecule has 4 heteroatoms. The summed E-state index contributed by atoms with van der Waals surface area (Å²) in [5, 5.41) is 15.3. The van der Waals surface area contributed by atoms with Crippen molar-refractivity contribution in [1.29, 1.82) is 0 Å². The third kappa shape index (κ3) is 3.87. The highest BCUT2D eigenvalue weighted by atomic mass is 79.9. The zero-order valence-electron chi connectivity index (χ0n) is 9.38. The molecule has 1 aromatic heterocycles. The van der Waals surface area contributed by atoms with E-state index < -0.39 is 5.60 Å². The number of rotatable bonds is 5. The summed E-state index contributed by atoms with van der Waals surface area (Å²) < 4.78 is 1.14. The molecule has 2 atom stereocenters. The highest BCUT2D eigenvalue weighted by molar-refractivity contribution is 9.10. The molecule has 0 bridgehead atoms. The summed E-state index contributed by atoms with van der Waals surface area (Å²) in [7, 11) is 0. The summed E-state index contributed by atoms with van der Waals surface area (Å²) in [5.74, 6) is 0. The minimum absolute atomic E-state index is 0.275. The molecule has 0 fully saturated rings. The van der Waals surface area contributed by atoms with Gasteiger partial charge in [0.25, 0.3) is 0 Å². The first-order chi connectivity index (χ1) is 6.96. The van der Waals surface area contributed by atoms with Gasteiger partial charge < -0.3 is 10.4 Å². The van der Waals surface area contributed by atoms with Crippen LogP contribution in [0.4, 0.5) is 0 Å². The number of halogens is 1. The van der Waals surface area contributed by atoms with Crippen molar-refractivity contribution < 1.29 is 5.11 Å². The molecular formula is C11H18BrNOS. The Morgan fingerprint density at radius 2 is 2.33 bits per heavy atom. The Morgan fingerprint density at radius 3 is 2.80 bits per heavy atom. The molecular weight excluding hydrogens is 274 g/mol. The molecule has 1 heterocycles. The van der Waals surface area contributed by atoms with Gasteiger partial charge in [-0.05, 0) is 47.6 Å². The van der Waals surface area contributed by atoms with Crippen LogP contribution in [0, 0.1) is 0 Å². The van der Waals surface area contributed by atoms with E-state index in [1.165, 1.54) is 4.88 Å². The average molecular weight is 292 g/mol. The number of hydrogen-bond donors (Lipinski definition) is 2. The van der Waals surface area contributed by atoms with Gasteiger partial charge in [-0.2, -0.15) is 0 Å². The molecule has 0 aliphatic carbocycles. The summed E-state index contributed by atoms with van der Waals surface area (Å²) in [6.45, 7) is 6.58. The highest BCUT2D eigenvalue weighted by Crippen LogP contribution is 2.28. The van der Waals surface area contributed by atoms with Gasteiger partial charge >= 0.3 is 0 Å². The predicted octanol–water partition coefficient (Wildman–Crippen LogP) is 3.32. The van der Waals surface area contributed by atoms with Crippen LogP contribution in [0.3, 0.4) is 0 Å². The fourth-order valence-corrected chi connectivity index (χ4v) is 2.95. The number of thiophene rings is 1. The van der Waals surface area contributed by atoms with Gasteiger partial charge in [0.15, 0.2) is 0 Å². The van der Waals surface area contributed by atoms with Crippen LogP contribution >= 0.6 is 27.3 Å². The highest BCUT2D eigenvalue weighted by Gasteiger charge is 2.19. The molecule has 0 radical (unpaired) electrons. The minimum Gasteiger partial charge on any atom is -0.389 e. The van der Waals surface area contributed by atoms with Crippen molar-refractivity contribution in [3.05, 3.63) is 20.8 Å². The van der Waals surface area contributed by atoms with E-state index in [-0.39, 0.29) is 6.04 Å². The van der Waals surface area contributed by atoms with Crippen molar-refractivity contribution in [1.82, 2.24) is 5.32 Å². The summed E-state index contributed by atoms with van der Waals surface area (Å²) >= 11 is 5.24. The van der Waals surface area contributed by atoms with Crippen LogP contribution in [0.5, 0.6) is 0 Å². The van der Waals surface area contributed by atoms with E-state index in [1.807, 2.05) is 13.8 Å². The molecule has 1 aromatic rings. The van der Waals surface area contributed by atoms with Gasteiger partial charge in [-0.15, -0.1) is 11.3 Å². The van der Waals surface area contributed by atoms with Crippen molar-refractivity contribution in [2.24, 2.45) is 0 Å². The van der Waals surface area contributed by atoms with Gasteiger partial charge in [0.1, 0.15) is 0 Å². The Hall–Kier alpha value is 0.100. The lowest BCUT2D eigenvalue weighted by molar-refractivity contribution is 0.0534. The van der Waals surface area contributed by atoms with Crippen molar-refractivity contribution in [2.75, 3.05) is 6.54 Å². The number of nitrogens with one attached hydrogen (secondary N) is 1.